The van der Waals surface area contributed by atoms with E-state index in [1.165, 1.54) is 11.3 Å². The number of ether oxygens (including phenoxy) is 1. The highest BCUT2D eigenvalue weighted by molar-refractivity contribution is 6.31. The van der Waals surface area contributed by atoms with Gasteiger partial charge in [-0.15, -0.1) is 0 Å². The molecule has 1 aromatic heterocycles. The third-order valence-corrected chi connectivity index (χ3v) is 5.03. The van der Waals surface area contributed by atoms with E-state index in [1.54, 1.807) is 32.0 Å². The number of nitrogens with one attached hydrogen (secondary N) is 2. The molecule has 2 N–H and O–H groups in total. The minimum Gasteiger partial charge on any atom is -0.491 e. The third-order valence-electron chi connectivity index (χ3n) is 4.79. The maximum Gasteiger partial charge on any atom is 0.276 e. The lowest BCUT2D eigenvalue weighted by molar-refractivity contribution is -0.122. The summed E-state index contributed by atoms with van der Waals surface area (Å²) in [6, 6.07) is 4.47. The third kappa shape index (κ3) is 5.97. The van der Waals surface area contributed by atoms with Crippen LogP contribution < -0.4 is 15.4 Å². The molecule has 0 radical (unpaired) electrons. The van der Waals surface area contributed by atoms with Crippen molar-refractivity contribution in [2.45, 2.75) is 32.7 Å². The summed E-state index contributed by atoms with van der Waals surface area (Å²) >= 11 is 6.04. The monoisotopic (exact) mass is 448 g/mol. The molecule has 0 saturated carbocycles. The van der Waals surface area contributed by atoms with Crippen molar-refractivity contribution >= 4 is 29.3 Å². The second-order valence-electron chi connectivity index (χ2n) is 7.37. The normalized spacial score (nSPS) is 18.7. The van der Waals surface area contributed by atoms with Gasteiger partial charge in [0.2, 0.25) is 5.91 Å². The lowest BCUT2D eigenvalue weighted by atomic mass is 10.1. The Hall–Kier alpha value is -3.07. The molecule has 0 aliphatic carbocycles. The largest absolute Gasteiger partial charge is 0.491 e. The first-order valence-corrected chi connectivity index (χ1v) is 10.4. The Kier molecular flexibility index (Phi) is 7.51. The van der Waals surface area contributed by atoms with Crippen LogP contribution in [0.25, 0.3) is 0 Å². The lowest BCUT2D eigenvalue weighted by Crippen LogP contribution is -2.45. The number of benzene rings is 1. The van der Waals surface area contributed by atoms with E-state index in [0.29, 0.717) is 48.0 Å². The molecule has 9 nitrogen and oxygen atoms in total. The Morgan fingerprint density at radius 3 is 2.84 bits per heavy atom. The van der Waals surface area contributed by atoms with Crippen LogP contribution in [0, 0.1) is 6.92 Å². The number of fused-ring (bicyclic) bond motifs is 1. The molecule has 1 aromatic carbocycles. The van der Waals surface area contributed by atoms with Gasteiger partial charge in [0.25, 0.3) is 11.8 Å². The number of halogens is 1. The zero-order valence-corrected chi connectivity index (χ0v) is 18.2. The molecule has 0 saturated heterocycles. The highest BCUT2D eigenvalue weighted by Gasteiger charge is 2.24. The van der Waals surface area contributed by atoms with E-state index in [9.17, 15) is 14.4 Å². The lowest BCUT2D eigenvalue weighted by Gasteiger charge is -2.23. The summed E-state index contributed by atoms with van der Waals surface area (Å²) in [6.45, 7) is 4.19. The molecule has 0 unspecified atom stereocenters. The standard InChI is InChI=1S/C21H25ClN4O5/c1-13-11-30-17-6-5-15(22)9-16(17)20(28)23-7-3-4-8-26(10-18(27)25-13)21(29)19-14(2)31-12-24-19/h5-6,9,12-13H,3-4,7-8,10-11H2,1-2H3,(H,23,28)(H,25,27)/t13-/m0/s1. The minimum atomic E-state index is -0.374. The van der Waals surface area contributed by atoms with E-state index in [2.05, 4.69) is 15.6 Å². The number of carbonyl (C=O) groups is 3. The first-order valence-electron chi connectivity index (χ1n) is 10.0. The number of aryl methyl sites for hydroxylation is 1. The van der Waals surface area contributed by atoms with Gasteiger partial charge in [-0.3, -0.25) is 14.4 Å². The van der Waals surface area contributed by atoms with Gasteiger partial charge >= 0.3 is 0 Å². The number of aromatic nitrogens is 1. The number of hydrogen-bond acceptors (Lipinski definition) is 6. The van der Waals surface area contributed by atoms with Gasteiger partial charge < -0.3 is 24.7 Å². The molecule has 1 atom stereocenters. The first kappa shape index (κ1) is 22.6. The van der Waals surface area contributed by atoms with Crippen molar-refractivity contribution < 1.29 is 23.5 Å². The highest BCUT2D eigenvalue weighted by Crippen LogP contribution is 2.23. The van der Waals surface area contributed by atoms with E-state index in [-0.39, 0.29) is 42.6 Å². The number of rotatable bonds is 1. The topological polar surface area (TPSA) is 114 Å². The van der Waals surface area contributed by atoms with Gasteiger partial charge in [0.05, 0.1) is 18.2 Å². The summed E-state index contributed by atoms with van der Waals surface area (Å²) < 4.78 is 10.9. The fourth-order valence-corrected chi connectivity index (χ4v) is 3.37. The molecule has 1 aliphatic heterocycles. The van der Waals surface area contributed by atoms with Crippen LogP contribution in [0.15, 0.2) is 29.0 Å². The summed E-state index contributed by atoms with van der Waals surface area (Å²) in [4.78, 5) is 43.4. The molecular weight excluding hydrogens is 424 g/mol. The second-order valence-corrected chi connectivity index (χ2v) is 7.80. The quantitative estimate of drug-likeness (QED) is 0.691. The van der Waals surface area contributed by atoms with Gasteiger partial charge in [-0.25, -0.2) is 4.98 Å². The van der Waals surface area contributed by atoms with Crippen molar-refractivity contribution in [2.24, 2.45) is 0 Å². The molecule has 0 fully saturated rings. The molecule has 0 spiro atoms. The van der Waals surface area contributed by atoms with E-state index in [4.69, 9.17) is 20.8 Å². The summed E-state index contributed by atoms with van der Waals surface area (Å²) in [5.41, 5.74) is 0.516. The zero-order valence-electron chi connectivity index (χ0n) is 17.4. The smallest absolute Gasteiger partial charge is 0.276 e. The number of hydrogen-bond donors (Lipinski definition) is 2. The van der Waals surface area contributed by atoms with Gasteiger partial charge in [-0.1, -0.05) is 11.6 Å². The molecule has 10 heteroatoms. The average Bonchev–Trinajstić information content (AvgIpc) is 3.16. The molecule has 3 rings (SSSR count). The Balaban J connectivity index is 1.76. The fourth-order valence-electron chi connectivity index (χ4n) is 3.19. The predicted molar refractivity (Wildman–Crippen MR) is 113 cm³/mol. The van der Waals surface area contributed by atoms with Crippen molar-refractivity contribution in [3.05, 3.63) is 46.6 Å². The number of carbonyl (C=O) groups excluding carboxylic acids is 3. The Bertz CT molecular complexity index is 961. The van der Waals surface area contributed by atoms with E-state index < -0.39 is 0 Å². The Labute approximate surface area is 185 Å². The van der Waals surface area contributed by atoms with Gasteiger partial charge in [0.1, 0.15) is 18.1 Å². The van der Waals surface area contributed by atoms with Crippen molar-refractivity contribution in [1.82, 2.24) is 20.5 Å². The predicted octanol–water partition coefficient (Wildman–Crippen LogP) is 2.19. The SMILES string of the molecule is Cc1ocnc1C(=O)N1CCCCNC(=O)c2cc(Cl)ccc2OC[C@H](C)NC(=O)C1. The van der Waals surface area contributed by atoms with Crippen LogP contribution in [-0.4, -0.2) is 59.9 Å². The molecule has 0 bridgehead atoms. The van der Waals surface area contributed by atoms with Crippen LogP contribution >= 0.6 is 11.6 Å². The average molecular weight is 449 g/mol. The molecule has 166 valence electrons. The molecule has 31 heavy (non-hydrogen) atoms. The van der Waals surface area contributed by atoms with Gasteiger partial charge in [0.15, 0.2) is 12.1 Å². The number of amides is 3. The first-order chi connectivity index (χ1) is 14.8. The summed E-state index contributed by atoms with van der Waals surface area (Å²) in [5, 5.41) is 6.09. The van der Waals surface area contributed by atoms with Crippen molar-refractivity contribution in [3.63, 3.8) is 0 Å². The highest BCUT2D eigenvalue weighted by atomic mass is 35.5. The van der Waals surface area contributed by atoms with Gasteiger partial charge in [-0.05, 0) is 44.9 Å². The van der Waals surface area contributed by atoms with Crippen LogP contribution in [-0.2, 0) is 4.79 Å². The molecule has 2 aromatic rings. The summed E-state index contributed by atoms with van der Waals surface area (Å²) in [6.07, 6.45) is 2.40. The Morgan fingerprint density at radius 1 is 1.29 bits per heavy atom. The number of nitrogens with zero attached hydrogens (tertiary/aromatic N) is 2. The Morgan fingerprint density at radius 2 is 2.10 bits per heavy atom. The van der Waals surface area contributed by atoms with Crippen LogP contribution in [0.5, 0.6) is 5.75 Å². The van der Waals surface area contributed by atoms with E-state index in [0.717, 1.165) is 0 Å². The van der Waals surface area contributed by atoms with Crippen molar-refractivity contribution in [2.75, 3.05) is 26.2 Å². The second kappa shape index (κ2) is 10.3. The molecule has 3 amide bonds. The molecule has 2 heterocycles. The molecule has 1 aliphatic rings. The zero-order chi connectivity index (χ0) is 22.4. The van der Waals surface area contributed by atoms with E-state index in [1.807, 2.05) is 0 Å². The van der Waals surface area contributed by atoms with Crippen molar-refractivity contribution in [3.8, 4) is 5.75 Å². The number of oxazole rings is 1. The summed E-state index contributed by atoms with van der Waals surface area (Å²) in [5.74, 6) is -0.204. The van der Waals surface area contributed by atoms with Crippen LogP contribution in [0.3, 0.4) is 0 Å². The van der Waals surface area contributed by atoms with E-state index >= 15 is 0 Å². The maximum atomic E-state index is 12.9. The minimum absolute atomic E-state index is 0.117. The van der Waals surface area contributed by atoms with Gasteiger partial charge in [0, 0.05) is 18.1 Å². The molecular formula is C21H25ClN4O5. The maximum absolute atomic E-state index is 12.9. The van der Waals surface area contributed by atoms with Gasteiger partial charge in [-0.2, -0.15) is 0 Å². The summed E-state index contributed by atoms with van der Waals surface area (Å²) in [7, 11) is 0. The van der Waals surface area contributed by atoms with Crippen LogP contribution in [0.2, 0.25) is 5.02 Å². The van der Waals surface area contributed by atoms with Crippen molar-refractivity contribution in [1.29, 1.82) is 0 Å². The fraction of sp³-hybridized carbons (Fsp3) is 0.429. The van der Waals surface area contributed by atoms with Crippen LogP contribution in [0.1, 0.15) is 46.4 Å². The van der Waals surface area contributed by atoms with Crippen LogP contribution in [0.4, 0.5) is 0 Å².